The zero-order valence-corrected chi connectivity index (χ0v) is 6.04. The van der Waals surface area contributed by atoms with Crippen LogP contribution in [0.25, 0.3) is 0 Å². The van der Waals surface area contributed by atoms with E-state index >= 15 is 0 Å². The van der Waals surface area contributed by atoms with Gasteiger partial charge in [-0.2, -0.15) is 0 Å². The molecule has 4 heteroatoms. The number of hydrogen-bond donors (Lipinski definition) is 3. The van der Waals surface area contributed by atoms with E-state index in [-0.39, 0.29) is 6.17 Å². The molecule has 4 N–H and O–H groups in total. The van der Waals surface area contributed by atoms with Crippen LogP contribution in [0.4, 0.5) is 0 Å². The molecule has 0 fully saturated rings. The maximum absolute atomic E-state index is 5.42. The van der Waals surface area contributed by atoms with Crippen LogP contribution in [-0.2, 0) is 0 Å². The maximum Gasteiger partial charge on any atom is 0.161 e. The predicted octanol–water partition coefficient (Wildman–Crippen LogP) is -0.726. The molecular weight excluding hydrogens is 140 g/mol. The Kier molecular flexibility index (Phi) is 1.40. The van der Waals surface area contributed by atoms with E-state index in [0.717, 1.165) is 11.5 Å². The molecule has 11 heavy (non-hydrogen) atoms. The Balaban J connectivity index is 2.19. The Labute approximate surface area is 64.9 Å². The lowest BCUT2D eigenvalue weighted by atomic mass is 10.3. The minimum atomic E-state index is 0.0681. The Morgan fingerprint density at radius 2 is 2.55 bits per heavy atom. The van der Waals surface area contributed by atoms with Crippen molar-refractivity contribution < 1.29 is 0 Å². The summed E-state index contributed by atoms with van der Waals surface area (Å²) in [4.78, 5) is 4.28. The van der Waals surface area contributed by atoms with Crippen LogP contribution >= 0.6 is 0 Å². The highest BCUT2D eigenvalue weighted by atomic mass is 15.2. The average molecular weight is 150 g/mol. The molecule has 1 unspecified atom stereocenters. The fourth-order valence-corrected chi connectivity index (χ4v) is 1.15. The normalized spacial score (nSPS) is 26.5. The molecule has 0 saturated heterocycles. The van der Waals surface area contributed by atoms with Gasteiger partial charge in [0.1, 0.15) is 5.84 Å². The first-order valence-corrected chi connectivity index (χ1v) is 3.56. The molecule has 0 radical (unpaired) electrons. The minimum absolute atomic E-state index is 0.0681. The molecule has 0 aromatic rings. The van der Waals surface area contributed by atoms with E-state index in [1.165, 1.54) is 0 Å². The molecule has 0 bridgehead atoms. The Hall–Kier alpha value is -1.29. The zero-order valence-electron chi connectivity index (χ0n) is 6.04. The molecule has 0 spiro atoms. The van der Waals surface area contributed by atoms with Crippen LogP contribution in [0.5, 0.6) is 0 Å². The second-order valence-electron chi connectivity index (χ2n) is 2.46. The quantitative estimate of drug-likeness (QED) is 0.462. The maximum atomic E-state index is 5.42. The van der Waals surface area contributed by atoms with E-state index in [9.17, 15) is 0 Å². The van der Waals surface area contributed by atoms with Gasteiger partial charge >= 0.3 is 0 Å². The number of nitrogens with zero attached hydrogens (tertiary/aromatic N) is 1. The molecular formula is C7H10N4. The summed E-state index contributed by atoms with van der Waals surface area (Å²) in [7, 11) is 0. The average Bonchev–Trinajstić information content (AvgIpc) is 2.46. The third-order valence-electron chi connectivity index (χ3n) is 1.69. The highest BCUT2D eigenvalue weighted by Gasteiger charge is 2.20. The van der Waals surface area contributed by atoms with Gasteiger partial charge in [0, 0.05) is 0 Å². The Morgan fingerprint density at radius 1 is 1.64 bits per heavy atom. The molecule has 1 atom stereocenters. The van der Waals surface area contributed by atoms with Crippen molar-refractivity contribution in [3.8, 4) is 0 Å². The lowest BCUT2D eigenvalue weighted by Gasteiger charge is -2.12. The second kappa shape index (κ2) is 2.39. The lowest BCUT2D eigenvalue weighted by Crippen LogP contribution is -2.29. The largest absolute Gasteiger partial charge is 0.365 e. The molecule has 2 aliphatic heterocycles. The summed E-state index contributed by atoms with van der Waals surface area (Å²) in [5.74, 6) is 0.845. The SMILES string of the molecule is NCC1=NC2NC=CC=C2N1. The standard InChI is InChI=1S/C7H10N4/c8-4-6-10-5-2-1-3-9-7(5)11-6/h1-3,7,9H,4,8H2,(H,10,11). The van der Waals surface area contributed by atoms with E-state index in [2.05, 4.69) is 15.6 Å². The first-order chi connectivity index (χ1) is 5.40. The monoisotopic (exact) mass is 150 g/mol. The molecule has 0 aliphatic carbocycles. The van der Waals surface area contributed by atoms with Gasteiger partial charge in [-0.1, -0.05) is 0 Å². The summed E-state index contributed by atoms with van der Waals surface area (Å²) in [5, 5.41) is 6.21. The second-order valence-corrected chi connectivity index (χ2v) is 2.46. The van der Waals surface area contributed by atoms with Crippen molar-refractivity contribution >= 4 is 5.84 Å². The number of amidine groups is 1. The van der Waals surface area contributed by atoms with Gasteiger partial charge < -0.3 is 16.4 Å². The van der Waals surface area contributed by atoms with E-state index < -0.39 is 0 Å². The molecule has 2 heterocycles. The zero-order chi connectivity index (χ0) is 7.68. The molecule has 0 aromatic carbocycles. The number of aliphatic imine (C=N–C) groups is 1. The third kappa shape index (κ3) is 1.01. The topological polar surface area (TPSA) is 62.4 Å². The first-order valence-electron chi connectivity index (χ1n) is 3.56. The van der Waals surface area contributed by atoms with Crippen molar-refractivity contribution in [3.05, 3.63) is 24.0 Å². The number of nitrogens with two attached hydrogens (primary N) is 1. The fraction of sp³-hybridized carbons (Fsp3) is 0.286. The molecule has 2 aliphatic rings. The summed E-state index contributed by atoms with van der Waals surface area (Å²) < 4.78 is 0. The molecule has 2 rings (SSSR count). The van der Waals surface area contributed by atoms with Crippen LogP contribution in [0, 0.1) is 0 Å². The summed E-state index contributed by atoms with van der Waals surface area (Å²) in [5.41, 5.74) is 6.50. The fourth-order valence-electron chi connectivity index (χ4n) is 1.15. The minimum Gasteiger partial charge on any atom is -0.365 e. The Bertz CT molecular complexity index is 251. The van der Waals surface area contributed by atoms with Crippen molar-refractivity contribution in [1.29, 1.82) is 0 Å². The third-order valence-corrected chi connectivity index (χ3v) is 1.69. The molecule has 58 valence electrons. The molecule has 4 nitrogen and oxygen atoms in total. The first kappa shape index (κ1) is 6.42. The van der Waals surface area contributed by atoms with Crippen molar-refractivity contribution in [2.24, 2.45) is 10.7 Å². The van der Waals surface area contributed by atoms with E-state index in [1.54, 1.807) is 0 Å². The molecule has 0 amide bonds. The lowest BCUT2D eigenvalue weighted by molar-refractivity contribution is 0.697. The number of hydrogen-bond acceptors (Lipinski definition) is 4. The van der Waals surface area contributed by atoms with Crippen molar-refractivity contribution in [2.45, 2.75) is 6.17 Å². The highest BCUT2D eigenvalue weighted by molar-refractivity contribution is 5.88. The highest BCUT2D eigenvalue weighted by Crippen LogP contribution is 2.10. The summed E-state index contributed by atoms with van der Waals surface area (Å²) in [6.07, 6.45) is 5.87. The van der Waals surface area contributed by atoms with Gasteiger partial charge in [0.05, 0.1) is 12.2 Å². The van der Waals surface area contributed by atoms with E-state index in [1.807, 2.05) is 18.4 Å². The molecule has 0 saturated carbocycles. The van der Waals surface area contributed by atoms with Gasteiger partial charge in [-0.05, 0) is 18.4 Å². The van der Waals surface area contributed by atoms with Crippen LogP contribution in [0.2, 0.25) is 0 Å². The van der Waals surface area contributed by atoms with Crippen molar-refractivity contribution in [2.75, 3.05) is 6.54 Å². The van der Waals surface area contributed by atoms with Gasteiger partial charge in [-0.3, -0.25) is 0 Å². The van der Waals surface area contributed by atoms with Gasteiger partial charge in [-0.25, -0.2) is 4.99 Å². The number of nitrogens with one attached hydrogen (secondary N) is 2. The van der Waals surface area contributed by atoms with Gasteiger partial charge in [0.15, 0.2) is 6.17 Å². The summed E-state index contributed by atoms with van der Waals surface area (Å²) in [6.45, 7) is 0.468. The van der Waals surface area contributed by atoms with Crippen LogP contribution in [-0.4, -0.2) is 18.5 Å². The van der Waals surface area contributed by atoms with Gasteiger partial charge in [-0.15, -0.1) is 0 Å². The summed E-state index contributed by atoms with van der Waals surface area (Å²) in [6, 6.07) is 0. The van der Waals surface area contributed by atoms with Crippen LogP contribution in [0.15, 0.2) is 29.0 Å². The number of dihydropyridines is 1. The molecule has 0 aromatic heterocycles. The smallest absolute Gasteiger partial charge is 0.161 e. The predicted molar refractivity (Wildman–Crippen MR) is 43.8 cm³/mol. The van der Waals surface area contributed by atoms with Gasteiger partial charge in [0.25, 0.3) is 0 Å². The summed E-state index contributed by atoms with van der Waals surface area (Å²) >= 11 is 0. The van der Waals surface area contributed by atoms with Crippen LogP contribution in [0.3, 0.4) is 0 Å². The number of fused-ring (bicyclic) bond motifs is 1. The van der Waals surface area contributed by atoms with Gasteiger partial charge in [0.2, 0.25) is 0 Å². The van der Waals surface area contributed by atoms with Crippen LogP contribution in [0.1, 0.15) is 0 Å². The van der Waals surface area contributed by atoms with Crippen molar-refractivity contribution in [1.82, 2.24) is 10.6 Å². The van der Waals surface area contributed by atoms with E-state index in [4.69, 9.17) is 5.73 Å². The number of allylic oxidation sites excluding steroid dienone is 2. The van der Waals surface area contributed by atoms with Crippen LogP contribution < -0.4 is 16.4 Å². The van der Waals surface area contributed by atoms with Crippen molar-refractivity contribution in [3.63, 3.8) is 0 Å². The Morgan fingerprint density at radius 3 is 3.27 bits per heavy atom. The van der Waals surface area contributed by atoms with E-state index in [0.29, 0.717) is 6.54 Å². The number of rotatable bonds is 1.